The third-order valence-electron chi connectivity index (χ3n) is 2.32. The van der Waals surface area contributed by atoms with E-state index in [-0.39, 0.29) is 11.4 Å². The van der Waals surface area contributed by atoms with Crippen LogP contribution in [0, 0.1) is 11.8 Å². The molecule has 0 fully saturated rings. The van der Waals surface area contributed by atoms with Gasteiger partial charge in [-0.2, -0.15) is 0 Å². The molecule has 0 bridgehead atoms. The molecule has 1 aliphatic heterocycles. The van der Waals surface area contributed by atoms with Gasteiger partial charge in [-0.15, -0.1) is 5.92 Å². The largest absolute Gasteiger partial charge is 0.336 e. The second-order valence-electron chi connectivity index (χ2n) is 3.36. The van der Waals surface area contributed by atoms with Crippen LogP contribution in [0.2, 0.25) is 0 Å². The molecule has 6 heteroatoms. The van der Waals surface area contributed by atoms with Crippen molar-refractivity contribution in [3.63, 3.8) is 0 Å². The van der Waals surface area contributed by atoms with Crippen LogP contribution in [0.1, 0.15) is 6.92 Å². The number of benzene rings is 1. The van der Waals surface area contributed by atoms with Crippen molar-refractivity contribution in [2.24, 2.45) is 0 Å². The highest BCUT2D eigenvalue weighted by atomic mass is 32.2. The van der Waals surface area contributed by atoms with Gasteiger partial charge in [-0.3, -0.25) is 0 Å². The summed E-state index contributed by atoms with van der Waals surface area (Å²) in [4.78, 5) is 11.7. The lowest BCUT2D eigenvalue weighted by Crippen LogP contribution is -2.44. The summed E-state index contributed by atoms with van der Waals surface area (Å²) in [5.41, 5.74) is 0.304. The molecule has 5 nitrogen and oxygen atoms in total. The number of amides is 2. The Labute approximate surface area is 99.5 Å². The number of urea groups is 1. The van der Waals surface area contributed by atoms with Crippen LogP contribution in [-0.4, -0.2) is 25.3 Å². The van der Waals surface area contributed by atoms with Crippen molar-refractivity contribution in [1.82, 2.24) is 4.31 Å². The highest BCUT2D eigenvalue weighted by molar-refractivity contribution is 7.90. The highest BCUT2D eigenvalue weighted by Crippen LogP contribution is 2.29. The molecule has 1 heterocycles. The summed E-state index contributed by atoms with van der Waals surface area (Å²) in [6.07, 6.45) is 0. The van der Waals surface area contributed by atoms with E-state index < -0.39 is 16.1 Å². The Kier molecular flexibility index (Phi) is 2.77. The number of hydrogen-bond acceptors (Lipinski definition) is 3. The molecule has 0 aromatic heterocycles. The van der Waals surface area contributed by atoms with Gasteiger partial charge in [0.15, 0.2) is 0 Å². The van der Waals surface area contributed by atoms with Crippen molar-refractivity contribution in [3.05, 3.63) is 24.3 Å². The number of nitrogens with zero attached hydrogens (tertiary/aromatic N) is 1. The molecule has 0 radical (unpaired) electrons. The fraction of sp³-hybridized carbons (Fsp3) is 0.182. The van der Waals surface area contributed by atoms with Crippen LogP contribution in [0.5, 0.6) is 0 Å². The van der Waals surface area contributed by atoms with E-state index in [2.05, 4.69) is 17.2 Å². The normalized spacial score (nSPS) is 16.5. The fourth-order valence-corrected chi connectivity index (χ4v) is 2.89. The van der Waals surface area contributed by atoms with Crippen LogP contribution in [0.25, 0.3) is 0 Å². The van der Waals surface area contributed by atoms with Gasteiger partial charge in [0.2, 0.25) is 0 Å². The van der Waals surface area contributed by atoms with Gasteiger partial charge in [-0.1, -0.05) is 18.1 Å². The quantitative estimate of drug-likeness (QED) is 0.763. The van der Waals surface area contributed by atoms with Crippen molar-refractivity contribution in [2.75, 3.05) is 11.9 Å². The summed E-state index contributed by atoms with van der Waals surface area (Å²) in [7, 11) is -3.79. The van der Waals surface area contributed by atoms with Gasteiger partial charge in [0.25, 0.3) is 10.0 Å². The zero-order valence-corrected chi connectivity index (χ0v) is 9.91. The second-order valence-corrected chi connectivity index (χ2v) is 5.20. The molecule has 0 saturated heterocycles. The monoisotopic (exact) mass is 250 g/mol. The SMILES string of the molecule is CC#CCN1C(=O)Nc2ccccc2S1(=O)=O. The standard InChI is InChI=1S/C11H10N2O3S/c1-2-3-8-13-11(14)12-9-6-4-5-7-10(9)17(13,15)16/h4-7H,8H2,1H3,(H,12,14). The molecule has 1 N–H and O–H groups in total. The maximum atomic E-state index is 12.1. The summed E-state index contributed by atoms with van der Waals surface area (Å²) >= 11 is 0. The first-order chi connectivity index (χ1) is 8.07. The van der Waals surface area contributed by atoms with Crippen molar-refractivity contribution in [3.8, 4) is 11.8 Å². The lowest BCUT2D eigenvalue weighted by atomic mass is 10.3. The molecule has 0 spiro atoms. The van der Waals surface area contributed by atoms with Crippen LogP contribution < -0.4 is 5.32 Å². The van der Waals surface area contributed by atoms with Crippen molar-refractivity contribution >= 4 is 21.7 Å². The van der Waals surface area contributed by atoms with E-state index in [4.69, 9.17) is 0 Å². The van der Waals surface area contributed by atoms with E-state index >= 15 is 0 Å². The number of anilines is 1. The number of para-hydroxylation sites is 1. The summed E-state index contributed by atoms with van der Waals surface area (Å²) < 4.78 is 25.0. The highest BCUT2D eigenvalue weighted by Gasteiger charge is 2.35. The summed E-state index contributed by atoms with van der Waals surface area (Å²) in [5.74, 6) is 5.13. The Balaban J connectivity index is 2.54. The predicted molar refractivity (Wildman–Crippen MR) is 62.8 cm³/mol. The number of hydrogen-bond donors (Lipinski definition) is 1. The van der Waals surface area contributed by atoms with Crippen molar-refractivity contribution in [1.29, 1.82) is 0 Å². The van der Waals surface area contributed by atoms with Gasteiger partial charge in [0.1, 0.15) is 4.90 Å². The Morgan fingerprint density at radius 3 is 2.76 bits per heavy atom. The molecule has 0 saturated carbocycles. The van der Waals surface area contributed by atoms with E-state index in [1.54, 1.807) is 25.1 Å². The first-order valence-corrected chi connectivity index (χ1v) is 6.33. The average Bonchev–Trinajstić information content (AvgIpc) is 2.28. The number of carbonyl (C=O) groups excluding carboxylic acids is 1. The number of carbonyl (C=O) groups is 1. The molecule has 2 rings (SSSR count). The van der Waals surface area contributed by atoms with Crippen LogP contribution >= 0.6 is 0 Å². The number of fused-ring (bicyclic) bond motifs is 1. The zero-order valence-electron chi connectivity index (χ0n) is 9.10. The average molecular weight is 250 g/mol. The topological polar surface area (TPSA) is 66.5 Å². The van der Waals surface area contributed by atoms with Gasteiger partial charge in [-0.05, 0) is 19.1 Å². The number of nitrogens with one attached hydrogen (secondary N) is 1. The van der Waals surface area contributed by atoms with Gasteiger partial charge in [0.05, 0.1) is 12.2 Å². The predicted octanol–water partition coefficient (Wildman–Crippen LogP) is 1.25. The zero-order chi connectivity index (χ0) is 12.5. The van der Waals surface area contributed by atoms with E-state index in [9.17, 15) is 13.2 Å². The molecular weight excluding hydrogens is 240 g/mol. The van der Waals surface area contributed by atoms with Crippen LogP contribution in [0.15, 0.2) is 29.2 Å². The minimum absolute atomic E-state index is 0.0949. The molecule has 2 amide bonds. The molecule has 88 valence electrons. The van der Waals surface area contributed by atoms with Gasteiger partial charge >= 0.3 is 6.03 Å². The Morgan fingerprint density at radius 2 is 2.06 bits per heavy atom. The summed E-state index contributed by atoms with van der Waals surface area (Å²) in [5, 5.41) is 2.51. The first-order valence-electron chi connectivity index (χ1n) is 4.89. The van der Waals surface area contributed by atoms with E-state index in [1.165, 1.54) is 6.07 Å². The first kappa shape index (κ1) is 11.5. The van der Waals surface area contributed by atoms with Crippen LogP contribution in [-0.2, 0) is 10.0 Å². The minimum Gasteiger partial charge on any atom is -0.306 e. The lowest BCUT2D eigenvalue weighted by Gasteiger charge is -2.27. The maximum Gasteiger partial charge on any atom is 0.336 e. The summed E-state index contributed by atoms with van der Waals surface area (Å²) in [6, 6.07) is 5.60. The molecular formula is C11H10N2O3S. The van der Waals surface area contributed by atoms with Gasteiger partial charge in [-0.25, -0.2) is 17.5 Å². The maximum absolute atomic E-state index is 12.1. The van der Waals surface area contributed by atoms with E-state index in [1.807, 2.05) is 0 Å². The molecule has 1 aromatic carbocycles. The van der Waals surface area contributed by atoms with E-state index in [0.29, 0.717) is 5.69 Å². The Hall–Kier alpha value is -2.00. The molecule has 0 aliphatic carbocycles. The smallest absolute Gasteiger partial charge is 0.306 e. The van der Waals surface area contributed by atoms with Gasteiger partial charge < -0.3 is 5.32 Å². The molecule has 0 atom stereocenters. The van der Waals surface area contributed by atoms with Crippen molar-refractivity contribution < 1.29 is 13.2 Å². The number of rotatable bonds is 1. The Morgan fingerprint density at radius 1 is 1.35 bits per heavy atom. The number of sulfonamides is 1. The molecule has 1 aliphatic rings. The summed E-state index contributed by atoms with van der Waals surface area (Å²) in [6.45, 7) is 1.45. The van der Waals surface area contributed by atoms with Crippen molar-refractivity contribution in [2.45, 2.75) is 11.8 Å². The Bertz CT molecular complexity index is 626. The lowest BCUT2D eigenvalue weighted by molar-refractivity contribution is 0.237. The molecule has 17 heavy (non-hydrogen) atoms. The third kappa shape index (κ3) is 1.85. The fourth-order valence-electron chi connectivity index (χ4n) is 1.51. The second kappa shape index (κ2) is 4.11. The van der Waals surface area contributed by atoms with Crippen LogP contribution in [0.4, 0.5) is 10.5 Å². The molecule has 1 aromatic rings. The van der Waals surface area contributed by atoms with E-state index in [0.717, 1.165) is 4.31 Å². The third-order valence-corrected chi connectivity index (χ3v) is 4.11. The molecule has 0 unspecified atom stereocenters. The van der Waals surface area contributed by atoms with Crippen LogP contribution in [0.3, 0.4) is 0 Å². The van der Waals surface area contributed by atoms with Gasteiger partial charge in [0, 0.05) is 0 Å². The minimum atomic E-state index is -3.79.